The Kier molecular flexibility index (Phi) is 3.83. The Morgan fingerprint density at radius 2 is 2.21 bits per heavy atom. The van der Waals surface area contributed by atoms with Gasteiger partial charge in [-0.2, -0.15) is 0 Å². The summed E-state index contributed by atoms with van der Waals surface area (Å²) in [5, 5.41) is 6.55. The predicted molar refractivity (Wildman–Crippen MR) is 75.9 cm³/mol. The lowest BCUT2D eigenvalue weighted by atomic mass is 9.87. The van der Waals surface area contributed by atoms with Crippen LogP contribution in [-0.4, -0.2) is 19.0 Å². The molecule has 0 saturated carbocycles. The van der Waals surface area contributed by atoms with Crippen LogP contribution in [0.25, 0.3) is 0 Å². The number of hydrogen-bond donors (Lipinski definition) is 2. The molecular weight excluding hydrogens is 236 g/mol. The van der Waals surface area contributed by atoms with Crippen LogP contribution in [0.5, 0.6) is 0 Å². The molecule has 0 bridgehead atoms. The van der Waals surface area contributed by atoms with Gasteiger partial charge in [0.15, 0.2) is 0 Å². The second-order valence-electron chi connectivity index (χ2n) is 5.77. The van der Waals surface area contributed by atoms with E-state index < -0.39 is 0 Å². The van der Waals surface area contributed by atoms with Crippen LogP contribution in [0.2, 0.25) is 0 Å². The van der Waals surface area contributed by atoms with Crippen molar-refractivity contribution < 1.29 is 4.79 Å². The molecule has 1 heterocycles. The van der Waals surface area contributed by atoms with E-state index in [-0.39, 0.29) is 11.9 Å². The molecule has 1 aliphatic heterocycles. The zero-order valence-corrected chi connectivity index (χ0v) is 11.3. The van der Waals surface area contributed by atoms with Gasteiger partial charge in [-0.15, -0.1) is 0 Å². The van der Waals surface area contributed by atoms with E-state index in [0.717, 1.165) is 32.4 Å². The van der Waals surface area contributed by atoms with E-state index in [1.807, 2.05) is 0 Å². The molecule has 19 heavy (non-hydrogen) atoms. The summed E-state index contributed by atoms with van der Waals surface area (Å²) in [6.07, 6.45) is 5.20. The third-order valence-corrected chi connectivity index (χ3v) is 4.34. The van der Waals surface area contributed by atoms with Crippen molar-refractivity contribution in [1.29, 1.82) is 0 Å². The molecule has 1 aromatic rings. The van der Waals surface area contributed by atoms with Gasteiger partial charge >= 0.3 is 0 Å². The molecule has 102 valence electrons. The average molecular weight is 258 g/mol. The molecule has 0 radical (unpaired) electrons. The third kappa shape index (κ3) is 2.98. The Labute approximate surface area is 114 Å². The van der Waals surface area contributed by atoms with Crippen LogP contribution in [0, 0.1) is 5.92 Å². The summed E-state index contributed by atoms with van der Waals surface area (Å²) in [5.41, 5.74) is 2.73. The molecule has 3 heteroatoms. The van der Waals surface area contributed by atoms with Crippen LogP contribution in [0.15, 0.2) is 24.3 Å². The monoisotopic (exact) mass is 258 g/mol. The first-order valence-corrected chi connectivity index (χ1v) is 7.41. The molecule has 1 aromatic carbocycles. The van der Waals surface area contributed by atoms with Crippen molar-refractivity contribution >= 4 is 5.91 Å². The Bertz CT molecular complexity index is 452. The summed E-state index contributed by atoms with van der Waals surface area (Å²) in [6.45, 7) is 2.05. The summed E-state index contributed by atoms with van der Waals surface area (Å²) >= 11 is 0. The number of aryl methyl sites for hydroxylation is 1. The van der Waals surface area contributed by atoms with Crippen molar-refractivity contribution in [2.75, 3.05) is 13.1 Å². The minimum atomic E-state index is 0.218. The normalized spacial score (nSPS) is 25.9. The van der Waals surface area contributed by atoms with Crippen molar-refractivity contribution in [1.82, 2.24) is 10.6 Å². The summed E-state index contributed by atoms with van der Waals surface area (Å²) in [7, 11) is 0. The zero-order chi connectivity index (χ0) is 13.1. The second kappa shape index (κ2) is 5.74. The van der Waals surface area contributed by atoms with Gasteiger partial charge in [-0.1, -0.05) is 24.3 Å². The molecule has 2 atom stereocenters. The van der Waals surface area contributed by atoms with E-state index in [2.05, 4.69) is 34.9 Å². The highest BCUT2D eigenvalue weighted by molar-refractivity contribution is 5.76. The van der Waals surface area contributed by atoms with Gasteiger partial charge in [0.2, 0.25) is 5.91 Å². The molecule has 0 aromatic heterocycles. The van der Waals surface area contributed by atoms with Gasteiger partial charge in [0.25, 0.3) is 0 Å². The van der Waals surface area contributed by atoms with Gasteiger partial charge < -0.3 is 10.6 Å². The minimum Gasteiger partial charge on any atom is -0.349 e. The quantitative estimate of drug-likeness (QED) is 0.872. The van der Waals surface area contributed by atoms with Crippen LogP contribution in [0.1, 0.15) is 42.9 Å². The maximum absolute atomic E-state index is 12.1. The molecule has 3 rings (SSSR count). The number of hydrogen-bond acceptors (Lipinski definition) is 2. The van der Waals surface area contributed by atoms with Crippen molar-refractivity contribution in [3.8, 4) is 0 Å². The lowest BCUT2D eigenvalue weighted by molar-refractivity contribution is -0.122. The third-order valence-electron chi connectivity index (χ3n) is 4.34. The van der Waals surface area contributed by atoms with Crippen molar-refractivity contribution in [3.05, 3.63) is 35.4 Å². The highest BCUT2D eigenvalue weighted by atomic mass is 16.1. The number of rotatable bonds is 3. The molecule has 3 nitrogen and oxygen atoms in total. The highest BCUT2D eigenvalue weighted by Gasteiger charge is 2.23. The fourth-order valence-electron chi connectivity index (χ4n) is 3.31. The van der Waals surface area contributed by atoms with E-state index >= 15 is 0 Å². The van der Waals surface area contributed by atoms with Crippen LogP contribution >= 0.6 is 0 Å². The topological polar surface area (TPSA) is 41.1 Å². The molecule has 1 amide bonds. The van der Waals surface area contributed by atoms with Gasteiger partial charge in [0.1, 0.15) is 0 Å². The average Bonchev–Trinajstić information content (AvgIpc) is 2.92. The van der Waals surface area contributed by atoms with Crippen LogP contribution in [0.4, 0.5) is 0 Å². The number of carbonyl (C=O) groups is 1. The summed E-state index contributed by atoms with van der Waals surface area (Å²) in [5.74, 6) is 0.745. The van der Waals surface area contributed by atoms with Crippen molar-refractivity contribution in [2.24, 2.45) is 5.92 Å². The molecule has 1 aliphatic carbocycles. The largest absolute Gasteiger partial charge is 0.349 e. The summed E-state index contributed by atoms with van der Waals surface area (Å²) < 4.78 is 0. The lowest BCUT2D eigenvalue weighted by Crippen LogP contribution is -2.32. The standard InChI is InChI=1S/C16H22N2O/c19-16(10-12-8-9-17-11-12)18-15-7-3-5-13-4-1-2-6-14(13)15/h1-2,4,6,12,15,17H,3,5,7-11H2,(H,18,19). The molecule has 0 spiro atoms. The van der Waals surface area contributed by atoms with Gasteiger partial charge in [0.05, 0.1) is 6.04 Å². The molecule has 1 fully saturated rings. The van der Waals surface area contributed by atoms with E-state index in [4.69, 9.17) is 0 Å². The van der Waals surface area contributed by atoms with Gasteiger partial charge in [-0.05, 0) is 55.8 Å². The number of benzene rings is 1. The van der Waals surface area contributed by atoms with E-state index in [1.165, 1.54) is 17.5 Å². The fraction of sp³-hybridized carbons (Fsp3) is 0.562. The second-order valence-corrected chi connectivity index (χ2v) is 5.77. The van der Waals surface area contributed by atoms with Crippen LogP contribution in [0.3, 0.4) is 0 Å². The Morgan fingerprint density at radius 1 is 1.32 bits per heavy atom. The van der Waals surface area contributed by atoms with Crippen molar-refractivity contribution in [3.63, 3.8) is 0 Å². The lowest BCUT2D eigenvalue weighted by Gasteiger charge is -2.26. The van der Waals surface area contributed by atoms with Crippen molar-refractivity contribution in [2.45, 2.75) is 38.1 Å². The molecule has 2 unspecified atom stereocenters. The fourth-order valence-corrected chi connectivity index (χ4v) is 3.31. The number of fused-ring (bicyclic) bond motifs is 1. The van der Waals surface area contributed by atoms with Crippen LogP contribution in [-0.2, 0) is 11.2 Å². The maximum atomic E-state index is 12.1. The molecule has 2 N–H and O–H groups in total. The first-order valence-electron chi connectivity index (χ1n) is 7.41. The smallest absolute Gasteiger partial charge is 0.220 e. The summed E-state index contributed by atoms with van der Waals surface area (Å²) in [6, 6.07) is 8.74. The first-order chi connectivity index (χ1) is 9.33. The summed E-state index contributed by atoms with van der Waals surface area (Å²) in [4.78, 5) is 12.1. The predicted octanol–water partition coefficient (Wildman–Crippen LogP) is 2.18. The Morgan fingerprint density at radius 3 is 3.05 bits per heavy atom. The number of carbonyl (C=O) groups excluding carboxylic acids is 1. The highest BCUT2D eigenvalue weighted by Crippen LogP contribution is 2.29. The molecule has 2 aliphatic rings. The Hall–Kier alpha value is -1.35. The minimum absolute atomic E-state index is 0.218. The maximum Gasteiger partial charge on any atom is 0.220 e. The SMILES string of the molecule is O=C(CC1CCNC1)NC1CCCc2ccccc21. The van der Waals surface area contributed by atoms with E-state index in [1.54, 1.807) is 0 Å². The van der Waals surface area contributed by atoms with Gasteiger partial charge in [-0.25, -0.2) is 0 Å². The van der Waals surface area contributed by atoms with Gasteiger partial charge in [0, 0.05) is 6.42 Å². The molecular formula is C16H22N2O. The number of amides is 1. The Balaban J connectivity index is 1.62. The molecule has 1 saturated heterocycles. The van der Waals surface area contributed by atoms with Gasteiger partial charge in [-0.3, -0.25) is 4.79 Å². The number of nitrogens with one attached hydrogen (secondary N) is 2. The van der Waals surface area contributed by atoms with Crippen LogP contribution < -0.4 is 10.6 Å². The first kappa shape index (κ1) is 12.7. The van der Waals surface area contributed by atoms with E-state index in [0.29, 0.717) is 12.3 Å². The zero-order valence-electron chi connectivity index (χ0n) is 11.3. The van der Waals surface area contributed by atoms with E-state index in [9.17, 15) is 4.79 Å².